The number of hydrogen-bond acceptors (Lipinski definition) is 5. The number of benzene rings is 2. The molecule has 0 saturated heterocycles. The van der Waals surface area contributed by atoms with E-state index in [9.17, 15) is 14.7 Å². The zero-order chi connectivity index (χ0) is 21.1. The van der Waals surface area contributed by atoms with Gasteiger partial charge in [0.15, 0.2) is 0 Å². The van der Waals surface area contributed by atoms with Crippen LogP contribution in [0.5, 0.6) is 5.75 Å². The summed E-state index contributed by atoms with van der Waals surface area (Å²) in [6, 6.07) is 14.4. The monoisotopic (exact) mass is 394 g/mol. The molecule has 0 fully saturated rings. The van der Waals surface area contributed by atoms with Crippen LogP contribution in [0.4, 0.5) is 5.69 Å². The van der Waals surface area contributed by atoms with E-state index < -0.39 is 5.91 Å². The number of aryl methyl sites for hydroxylation is 1. The Bertz CT molecular complexity index is 948. The van der Waals surface area contributed by atoms with E-state index >= 15 is 0 Å². The maximum Gasteiger partial charge on any atom is 0.282 e. The lowest BCUT2D eigenvalue weighted by Gasteiger charge is -2.20. The standard InChI is InChI=1S/C23H26N2O4/c1-15(2)29-19-10-8-17(9-11-19)20-21(24(4)12-13-26)23(28)25(22(20)27)18-7-5-6-16(3)14-18/h5-11,14-15,26H,12-13H2,1-4H3. The highest BCUT2D eigenvalue weighted by Gasteiger charge is 2.41. The number of amides is 2. The van der Waals surface area contributed by atoms with Crippen LogP contribution in [-0.2, 0) is 9.59 Å². The fourth-order valence-electron chi connectivity index (χ4n) is 3.37. The smallest absolute Gasteiger partial charge is 0.282 e. The lowest BCUT2D eigenvalue weighted by atomic mass is 10.0. The van der Waals surface area contributed by atoms with Gasteiger partial charge >= 0.3 is 0 Å². The van der Waals surface area contributed by atoms with Crippen molar-refractivity contribution in [3.05, 3.63) is 65.4 Å². The Hall–Kier alpha value is -3.12. The molecule has 0 bridgehead atoms. The van der Waals surface area contributed by atoms with Crippen LogP contribution in [0.25, 0.3) is 5.57 Å². The number of carbonyl (C=O) groups excluding carboxylic acids is 2. The summed E-state index contributed by atoms with van der Waals surface area (Å²) in [6.45, 7) is 5.91. The van der Waals surface area contributed by atoms with Gasteiger partial charge in [-0.3, -0.25) is 9.59 Å². The van der Waals surface area contributed by atoms with Crippen molar-refractivity contribution in [1.29, 1.82) is 0 Å². The van der Waals surface area contributed by atoms with Crippen LogP contribution in [-0.4, -0.2) is 48.1 Å². The highest BCUT2D eigenvalue weighted by Crippen LogP contribution is 2.35. The van der Waals surface area contributed by atoms with Gasteiger partial charge in [0.25, 0.3) is 11.8 Å². The maximum atomic E-state index is 13.3. The molecule has 152 valence electrons. The fourth-order valence-corrected chi connectivity index (χ4v) is 3.37. The van der Waals surface area contributed by atoms with E-state index in [2.05, 4.69) is 0 Å². The highest BCUT2D eigenvalue weighted by atomic mass is 16.5. The number of ether oxygens (including phenoxy) is 1. The third-order valence-corrected chi connectivity index (χ3v) is 4.65. The molecule has 1 N–H and O–H groups in total. The SMILES string of the molecule is Cc1cccc(N2C(=O)C(c3ccc(OC(C)C)cc3)=C(N(C)CCO)C2=O)c1. The van der Waals surface area contributed by atoms with E-state index in [-0.39, 0.29) is 30.9 Å². The second kappa shape index (κ2) is 8.49. The number of rotatable bonds is 7. The Kier molecular flexibility index (Phi) is 6.03. The Morgan fingerprint density at radius 1 is 1.07 bits per heavy atom. The van der Waals surface area contributed by atoms with Crippen molar-refractivity contribution in [2.24, 2.45) is 0 Å². The van der Waals surface area contributed by atoms with Crippen molar-refractivity contribution >= 4 is 23.1 Å². The number of imide groups is 1. The topological polar surface area (TPSA) is 70.1 Å². The molecular weight excluding hydrogens is 368 g/mol. The Balaban J connectivity index is 2.06. The first-order chi connectivity index (χ1) is 13.8. The molecule has 3 rings (SSSR count). The van der Waals surface area contributed by atoms with Crippen LogP contribution in [0.2, 0.25) is 0 Å². The molecular formula is C23H26N2O4. The van der Waals surface area contributed by atoms with Crippen LogP contribution < -0.4 is 9.64 Å². The number of likely N-dealkylation sites (N-methyl/N-ethyl adjacent to an activating group) is 1. The Morgan fingerprint density at radius 2 is 1.76 bits per heavy atom. The number of hydrogen-bond donors (Lipinski definition) is 1. The summed E-state index contributed by atoms with van der Waals surface area (Å²) >= 11 is 0. The summed E-state index contributed by atoms with van der Waals surface area (Å²) in [6.07, 6.45) is 0.0396. The van der Waals surface area contributed by atoms with Crippen LogP contribution in [0.3, 0.4) is 0 Å². The average molecular weight is 394 g/mol. The summed E-state index contributed by atoms with van der Waals surface area (Å²) in [5.74, 6) is -0.0751. The molecule has 2 aromatic rings. The minimum atomic E-state index is -0.394. The molecule has 0 spiro atoms. The quantitative estimate of drug-likeness (QED) is 0.731. The normalized spacial score (nSPS) is 14.2. The third kappa shape index (κ3) is 4.17. The number of anilines is 1. The van der Waals surface area contributed by atoms with Gasteiger partial charge in [-0.2, -0.15) is 0 Å². The van der Waals surface area contributed by atoms with Gasteiger partial charge in [-0.1, -0.05) is 24.3 Å². The van der Waals surface area contributed by atoms with Gasteiger partial charge in [0.1, 0.15) is 11.4 Å². The van der Waals surface area contributed by atoms with Gasteiger partial charge in [-0.05, 0) is 56.2 Å². The molecule has 2 aromatic carbocycles. The van der Waals surface area contributed by atoms with Crippen LogP contribution in [0, 0.1) is 6.92 Å². The first kappa shape index (κ1) is 20.6. The molecule has 1 aliphatic heterocycles. The van der Waals surface area contributed by atoms with Gasteiger partial charge in [0.05, 0.1) is 24.0 Å². The predicted octanol–water partition coefficient (Wildman–Crippen LogP) is 2.99. The molecule has 6 nitrogen and oxygen atoms in total. The van der Waals surface area contributed by atoms with E-state index in [4.69, 9.17) is 4.74 Å². The molecule has 29 heavy (non-hydrogen) atoms. The molecule has 2 amide bonds. The van der Waals surface area contributed by atoms with Gasteiger partial charge in [0.2, 0.25) is 0 Å². The van der Waals surface area contributed by atoms with Crippen LogP contribution in [0.1, 0.15) is 25.0 Å². The highest BCUT2D eigenvalue weighted by molar-refractivity contribution is 6.45. The first-order valence-corrected chi connectivity index (χ1v) is 9.62. The summed E-state index contributed by atoms with van der Waals surface area (Å²) < 4.78 is 5.67. The van der Waals surface area contributed by atoms with E-state index in [0.717, 1.165) is 5.56 Å². The van der Waals surface area contributed by atoms with Crippen molar-refractivity contribution < 1.29 is 19.4 Å². The molecule has 1 heterocycles. The second-order valence-corrected chi connectivity index (χ2v) is 7.34. The molecule has 0 atom stereocenters. The largest absolute Gasteiger partial charge is 0.491 e. The summed E-state index contributed by atoms with van der Waals surface area (Å²) in [4.78, 5) is 29.4. The molecule has 0 aromatic heterocycles. The lowest BCUT2D eigenvalue weighted by Crippen LogP contribution is -2.34. The van der Waals surface area contributed by atoms with Crippen LogP contribution in [0.15, 0.2) is 54.2 Å². The van der Waals surface area contributed by atoms with E-state index in [1.54, 1.807) is 42.3 Å². The van der Waals surface area contributed by atoms with Crippen molar-refractivity contribution in [2.45, 2.75) is 26.9 Å². The average Bonchev–Trinajstić information content (AvgIpc) is 2.92. The van der Waals surface area contributed by atoms with Crippen molar-refractivity contribution in [2.75, 3.05) is 25.1 Å². The van der Waals surface area contributed by atoms with E-state index in [1.165, 1.54) is 4.90 Å². The maximum absolute atomic E-state index is 13.3. The number of aliphatic hydroxyl groups excluding tert-OH is 1. The molecule has 1 aliphatic rings. The minimum Gasteiger partial charge on any atom is -0.491 e. The van der Waals surface area contributed by atoms with Gasteiger partial charge < -0.3 is 14.7 Å². The third-order valence-electron chi connectivity index (χ3n) is 4.65. The van der Waals surface area contributed by atoms with Gasteiger partial charge in [-0.15, -0.1) is 0 Å². The van der Waals surface area contributed by atoms with E-state index in [0.29, 0.717) is 22.6 Å². The second-order valence-electron chi connectivity index (χ2n) is 7.34. The summed E-state index contributed by atoms with van der Waals surface area (Å²) in [5.41, 5.74) is 2.72. The van der Waals surface area contributed by atoms with Crippen molar-refractivity contribution in [3.63, 3.8) is 0 Å². The molecule has 0 saturated carbocycles. The minimum absolute atomic E-state index is 0.0396. The number of carbonyl (C=O) groups is 2. The van der Waals surface area contributed by atoms with E-state index in [1.807, 2.05) is 39.0 Å². The Morgan fingerprint density at radius 3 is 2.34 bits per heavy atom. The predicted molar refractivity (Wildman–Crippen MR) is 113 cm³/mol. The molecule has 0 aliphatic carbocycles. The fraction of sp³-hybridized carbons (Fsp3) is 0.304. The first-order valence-electron chi connectivity index (χ1n) is 9.62. The van der Waals surface area contributed by atoms with Crippen LogP contribution >= 0.6 is 0 Å². The molecule has 0 unspecified atom stereocenters. The van der Waals surface area contributed by atoms with Crippen molar-refractivity contribution in [1.82, 2.24) is 4.90 Å². The molecule has 6 heteroatoms. The number of nitrogens with zero attached hydrogens (tertiary/aromatic N) is 2. The Labute approximate surface area is 171 Å². The summed E-state index contributed by atoms with van der Waals surface area (Å²) in [5, 5.41) is 9.35. The van der Waals surface area contributed by atoms with Gasteiger partial charge in [0, 0.05) is 13.6 Å². The number of aliphatic hydroxyl groups is 1. The van der Waals surface area contributed by atoms with Gasteiger partial charge in [-0.25, -0.2) is 4.90 Å². The lowest BCUT2D eigenvalue weighted by molar-refractivity contribution is -0.120. The molecule has 0 radical (unpaired) electrons. The summed E-state index contributed by atoms with van der Waals surface area (Å²) in [7, 11) is 1.70. The van der Waals surface area contributed by atoms with Crippen molar-refractivity contribution in [3.8, 4) is 5.75 Å². The zero-order valence-corrected chi connectivity index (χ0v) is 17.2. The zero-order valence-electron chi connectivity index (χ0n) is 17.2.